The van der Waals surface area contributed by atoms with Crippen molar-refractivity contribution in [3.8, 4) is 0 Å². The summed E-state index contributed by atoms with van der Waals surface area (Å²) in [5.74, 6) is 0. The lowest BCUT2D eigenvalue weighted by molar-refractivity contribution is 0.0275. The van der Waals surface area contributed by atoms with Crippen LogP contribution >= 0.6 is 0 Å². The van der Waals surface area contributed by atoms with Crippen molar-refractivity contribution in [2.75, 3.05) is 26.8 Å². The van der Waals surface area contributed by atoms with E-state index in [1.54, 1.807) is 0 Å². The van der Waals surface area contributed by atoms with Crippen molar-refractivity contribution in [3.05, 3.63) is 0 Å². The molecular weight excluding hydrogens is 190 g/mol. The largest absolute Gasteiger partial charge is 0.391 e. The SMILES string of the molecule is CCOCCCN(C)C1CCCCC1O. The zero-order chi connectivity index (χ0) is 11.1. The maximum atomic E-state index is 9.87. The molecule has 2 atom stereocenters. The van der Waals surface area contributed by atoms with E-state index >= 15 is 0 Å². The fourth-order valence-corrected chi connectivity index (χ4v) is 2.33. The highest BCUT2D eigenvalue weighted by Gasteiger charge is 2.25. The Bertz CT molecular complexity index is 164. The number of likely N-dealkylation sites (N-methyl/N-ethyl adjacent to an activating group) is 1. The molecule has 1 N–H and O–H groups in total. The molecule has 3 nitrogen and oxygen atoms in total. The van der Waals surface area contributed by atoms with Crippen LogP contribution in [0.25, 0.3) is 0 Å². The van der Waals surface area contributed by atoms with Gasteiger partial charge >= 0.3 is 0 Å². The summed E-state index contributed by atoms with van der Waals surface area (Å²) in [4.78, 5) is 2.29. The molecule has 0 aromatic rings. The summed E-state index contributed by atoms with van der Waals surface area (Å²) in [5.41, 5.74) is 0. The van der Waals surface area contributed by atoms with Crippen LogP contribution in [-0.2, 0) is 4.74 Å². The molecule has 90 valence electrons. The first-order chi connectivity index (χ1) is 7.25. The van der Waals surface area contributed by atoms with Crippen LogP contribution in [0.5, 0.6) is 0 Å². The lowest BCUT2D eigenvalue weighted by Gasteiger charge is -2.35. The van der Waals surface area contributed by atoms with Crippen LogP contribution in [0.15, 0.2) is 0 Å². The summed E-state index contributed by atoms with van der Waals surface area (Å²) in [5, 5.41) is 9.87. The quantitative estimate of drug-likeness (QED) is 0.684. The average Bonchev–Trinajstić information content (AvgIpc) is 2.25. The van der Waals surface area contributed by atoms with E-state index in [4.69, 9.17) is 4.74 Å². The molecule has 15 heavy (non-hydrogen) atoms. The van der Waals surface area contributed by atoms with Gasteiger partial charge in [-0.25, -0.2) is 0 Å². The third-order valence-electron chi connectivity index (χ3n) is 3.26. The Morgan fingerprint density at radius 2 is 2.07 bits per heavy atom. The topological polar surface area (TPSA) is 32.7 Å². The highest BCUT2D eigenvalue weighted by molar-refractivity contribution is 4.81. The zero-order valence-corrected chi connectivity index (χ0v) is 10.1. The van der Waals surface area contributed by atoms with Gasteiger partial charge in [0.25, 0.3) is 0 Å². The second-order valence-corrected chi connectivity index (χ2v) is 4.45. The van der Waals surface area contributed by atoms with Crippen molar-refractivity contribution >= 4 is 0 Å². The number of aliphatic hydroxyl groups is 1. The van der Waals surface area contributed by atoms with Gasteiger partial charge in [0, 0.05) is 25.8 Å². The first-order valence-corrected chi connectivity index (χ1v) is 6.21. The molecule has 0 saturated heterocycles. The highest BCUT2D eigenvalue weighted by atomic mass is 16.5. The summed E-state index contributed by atoms with van der Waals surface area (Å²) in [7, 11) is 2.12. The Labute approximate surface area is 93.4 Å². The van der Waals surface area contributed by atoms with Crippen molar-refractivity contribution in [3.63, 3.8) is 0 Å². The minimum absolute atomic E-state index is 0.115. The third-order valence-corrected chi connectivity index (χ3v) is 3.26. The molecule has 0 aromatic carbocycles. The fourth-order valence-electron chi connectivity index (χ4n) is 2.33. The summed E-state index contributed by atoms with van der Waals surface area (Å²) < 4.78 is 5.31. The van der Waals surface area contributed by atoms with Gasteiger partial charge in [-0.3, -0.25) is 0 Å². The Morgan fingerprint density at radius 3 is 2.73 bits per heavy atom. The van der Waals surface area contributed by atoms with Crippen LogP contribution in [0.3, 0.4) is 0 Å². The average molecular weight is 215 g/mol. The van der Waals surface area contributed by atoms with E-state index in [-0.39, 0.29) is 6.10 Å². The Balaban J connectivity index is 2.16. The molecule has 0 heterocycles. The van der Waals surface area contributed by atoms with E-state index < -0.39 is 0 Å². The molecule has 1 rings (SSSR count). The summed E-state index contributed by atoms with van der Waals surface area (Å²) >= 11 is 0. The number of rotatable bonds is 6. The predicted octanol–water partition coefficient (Wildman–Crippen LogP) is 1.65. The number of nitrogens with zero attached hydrogens (tertiary/aromatic N) is 1. The summed E-state index contributed by atoms with van der Waals surface area (Å²) in [6, 6.07) is 0.375. The molecule has 1 aliphatic rings. The Kier molecular flexibility index (Phi) is 6.22. The van der Waals surface area contributed by atoms with E-state index in [0.717, 1.165) is 39.0 Å². The molecular formula is C12H25NO2. The van der Waals surface area contributed by atoms with Gasteiger partial charge in [-0.2, -0.15) is 0 Å². The van der Waals surface area contributed by atoms with E-state index in [0.29, 0.717) is 6.04 Å². The van der Waals surface area contributed by atoms with Crippen LogP contribution in [0.4, 0.5) is 0 Å². The molecule has 0 aromatic heterocycles. The number of hydrogen-bond acceptors (Lipinski definition) is 3. The second-order valence-electron chi connectivity index (χ2n) is 4.45. The molecule has 1 saturated carbocycles. The van der Waals surface area contributed by atoms with Gasteiger partial charge in [0.1, 0.15) is 0 Å². The lowest BCUT2D eigenvalue weighted by Crippen LogP contribution is -2.43. The van der Waals surface area contributed by atoms with Crippen LogP contribution in [-0.4, -0.2) is 49.0 Å². The van der Waals surface area contributed by atoms with E-state index in [2.05, 4.69) is 11.9 Å². The Hall–Kier alpha value is -0.120. The van der Waals surface area contributed by atoms with Crippen molar-refractivity contribution in [2.24, 2.45) is 0 Å². The molecule has 1 aliphatic carbocycles. The molecule has 0 bridgehead atoms. The molecule has 0 spiro atoms. The molecule has 1 fully saturated rings. The molecule has 0 radical (unpaired) electrons. The van der Waals surface area contributed by atoms with Crippen LogP contribution < -0.4 is 0 Å². The van der Waals surface area contributed by atoms with Gasteiger partial charge in [0.15, 0.2) is 0 Å². The first kappa shape index (κ1) is 12.9. The van der Waals surface area contributed by atoms with Gasteiger partial charge in [-0.05, 0) is 33.2 Å². The monoisotopic (exact) mass is 215 g/mol. The molecule has 2 unspecified atom stereocenters. The van der Waals surface area contributed by atoms with Gasteiger partial charge < -0.3 is 14.7 Å². The summed E-state index contributed by atoms with van der Waals surface area (Å²) in [6.45, 7) is 4.69. The minimum atomic E-state index is -0.115. The normalized spacial score (nSPS) is 27.2. The minimum Gasteiger partial charge on any atom is -0.391 e. The smallest absolute Gasteiger partial charge is 0.0695 e. The second kappa shape index (κ2) is 7.20. The third kappa shape index (κ3) is 4.49. The van der Waals surface area contributed by atoms with Crippen molar-refractivity contribution in [2.45, 2.75) is 51.2 Å². The van der Waals surface area contributed by atoms with Crippen molar-refractivity contribution in [1.82, 2.24) is 4.90 Å². The number of aliphatic hydroxyl groups excluding tert-OH is 1. The van der Waals surface area contributed by atoms with Gasteiger partial charge in [0.2, 0.25) is 0 Å². The Morgan fingerprint density at radius 1 is 1.33 bits per heavy atom. The standard InChI is InChI=1S/C12H25NO2/c1-3-15-10-6-9-13(2)11-7-4-5-8-12(11)14/h11-12,14H,3-10H2,1-2H3. The number of ether oxygens (including phenoxy) is 1. The highest BCUT2D eigenvalue weighted by Crippen LogP contribution is 2.22. The molecule has 0 aliphatic heterocycles. The predicted molar refractivity (Wildman–Crippen MR) is 62.0 cm³/mol. The van der Waals surface area contributed by atoms with Crippen LogP contribution in [0, 0.1) is 0 Å². The van der Waals surface area contributed by atoms with Crippen molar-refractivity contribution < 1.29 is 9.84 Å². The zero-order valence-electron chi connectivity index (χ0n) is 10.1. The van der Waals surface area contributed by atoms with E-state index in [1.165, 1.54) is 12.8 Å². The van der Waals surface area contributed by atoms with Crippen LogP contribution in [0.1, 0.15) is 39.0 Å². The maximum absolute atomic E-state index is 9.87. The van der Waals surface area contributed by atoms with E-state index in [9.17, 15) is 5.11 Å². The van der Waals surface area contributed by atoms with Crippen LogP contribution in [0.2, 0.25) is 0 Å². The first-order valence-electron chi connectivity index (χ1n) is 6.21. The maximum Gasteiger partial charge on any atom is 0.0695 e. The van der Waals surface area contributed by atoms with Crippen molar-refractivity contribution in [1.29, 1.82) is 0 Å². The molecule has 3 heteroatoms. The number of hydrogen-bond donors (Lipinski definition) is 1. The summed E-state index contributed by atoms with van der Waals surface area (Å²) in [6.07, 6.45) is 5.51. The van der Waals surface area contributed by atoms with E-state index in [1.807, 2.05) is 6.92 Å². The lowest BCUT2D eigenvalue weighted by atomic mass is 9.91. The van der Waals surface area contributed by atoms with Gasteiger partial charge in [-0.1, -0.05) is 12.8 Å². The fraction of sp³-hybridized carbons (Fsp3) is 1.00. The molecule has 0 amide bonds. The van der Waals surface area contributed by atoms with Gasteiger partial charge in [0.05, 0.1) is 6.10 Å². The van der Waals surface area contributed by atoms with Gasteiger partial charge in [-0.15, -0.1) is 0 Å².